The fraction of sp³-hybridized carbons (Fsp3) is 0.417. The first-order valence-electron chi connectivity index (χ1n) is 4.65. The van der Waals surface area contributed by atoms with Crippen LogP contribution in [0.3, 0.4) is 0 Å². The van der Waals surface area contributed by atoms with Crippen molar-refractivity contribution in [2.24, 2.45) is 5.73 Å². The lowest BCUT2D eigenvalue weighted by Crippen LogP contribution is -2.10. The summed E-state index contributed by atoms with van der Waals surface area (Å²) in [4.78, 5) is 9.22. The number of rotatable bonds is 0. The maximum Gasteiger partial charge on any atom is 0.214 e. The summed E-state index contributed by atoms with van der Waals surface area (Å²) in [6.45, 7) is 7.98. The van der Waals surface area contributed by atoms with Crippen molar-refractivity contribution in [2.45, 2.75) is 33.1 Å². The predicted octanol–water partition coefficient (Wildman–Crippen LogP) is 2.48. The van der Waals surface area contributed by atoms with Gasteiger partial charge in [0.15, 0.2) is 0 Å². The third-order valence-corrected chi connectivity index (χ3v) is 1.64. The topological polar surface area (TPSA) is 43.1 Å². The summed E-state index contributed by atoms with van der Waals surface area (Å²) in [5.74, 6) is -0.333. The van der Waals surface area contributed by atoms with Gasteiger partial charge in [-0.05, 0) is 11.0 Å². The summed E-state index contributed by atoms with van der Waals surface area (Å²) >= 11 is 0. The van der Waals surface area contributed by atoms with E-state index in [2.05, 4.69) is 56.8 Å². The number of hydrogen-bond acceptors (Lipinski definition) is 1. The molecule has 0 fully saturated rings. The van der Waals surface area contributed by atoms with Crippen LogP contribution < -0.4 is 5.73 Å². The first-order chi connectivity index (χ1) is 6.34. The van der Waals surface area contributed by atoms with Crippen molar-refractivity contribution < 1.29 is 4.79 Å². The molecular weight excluding hydrogens is 174 g/mol. The van der Waals surface area contributed by atoms with Gasteiger partial charge < -0.3 is 5.73 Å². The maximum absolute atomic E-state index is 9.22. The van der Waals surface area contributed by atoms with Crippen LogP contribution in [-0.4, -0.2) is 5.91 Å². The molecule has 1 aromatic rings. The van der Waals surface area contributed by atoms with Crippen LogP contribution in [0.25, 0.3) is 0 Å². The Balaban J connectivity index is 0.000000364. The molecule has 1 rings (SSSR count). The average molecular weight is 193 g/mol. The van der Waals surface area contributed by atoms with E-state index in [1.807, 2.05) is 0 Å². The van der Waals surface area contributed by atoms with Crippen molar-refractivity contribution in [1.29, 1.82) is 0 Å². The summed E-state index contributed by atoms with van der Waals surface area (Å²) in [5.41, 5.74) is 6.16. The molecule has 0 atom stereocenters. The number of hydrogen-bond donors (Lipinski definition) is 1. The Morgan fingerprint density at radius 3 is 1.71 bits per heavy atom. The van der Waals surface area contributed by atoms with Gasteiger partial charge >= 0.3 is 0 Å². The molecule has 0 unspecified atom stereocenters. The highest BCUT2D eigenvalue weighted by molar-refractivity contribution is 5.70. The minimum atomic E-state index is -0.333. The quantitative estimate of drug-likeness (QED) is 0.675. The van der Waals surface area contributed by atoms with Crippen molar-refractivity contribution in [3.8, 4) is 0 Å². The summed E-state index contributed by atoms with van der Waals surface area (Å²) in [7, 11) is 0. The smallest absolute Gasteiger partial charge is 0.214 e. The van der Waals surface area contributed by atoms with E-state index in [9.17, 15) is 4.79 Å². The molecule has 0 bridgehead atoms. The number of carbonyl (C=O) groups excluding carboxylic acids is 1. The van der Waals surface area contributed by atoms with Crippen molar-refractivity contribution in [3.05, 3.63) is 35.9 Å². The SMILES string of the molecule is CC(C)(C)c1ccccc1.CC(N)=O. The Morgan fingerprint density at radius 2 is 1.50 bits per heavy atom. The van der Waals surface area contributed by atoms with Crippen LogP contribution in [0.15, 0.2) is 30.3 Å². The molecule has 0 aliphatic heterocycles. The molecule has 0 saturated heterocycles. The zero-order chi connectivity index (χ0) is 11.2. The van der Waals surface area contributed by atoms with Gasteiger partial charge in [-0.25, -0.2) is 0 Å². The lowest BCUT2D eigenvalue weighted by atomic mass is 9.87. The van der Waals surface area contributed by atoms with E-state index in [1.165, 1.54) is 12.5 Å². The molecule has 0 saturated carbocycles. The first-order valence-corrected chi connectivity index (χ1v) is 4.65. The van der Waals surface area contributed by atoms with E-state index in [0.29, 0.717) is 5.41 Å². The molecule has 0 aliphatic carbocycles. The number of primary amides is 1. The Morgan fingerprint density at radius 1 is 1.14 bits per heavy atom. The average Bonchev–Trinajstić information content (AvgIpc) is 2.03. The molecule has 0 heterocycles. The van der Waals surface area contributed by atoms with Crippen molar-refractivity contribution in [3.63, 3.8) is 0 Å². The second-order valence-corrected chi connectivity index (χ2v) is 4.23. The normalized spacial score (nSPS) is 10.0. The number of amides is 1. The van der Waals surface area contributed by atoms with Gasteiger partial charge in [-0.2, -0.15) is 0 Å². The summed E-state index contributed by atoms with van der Waals surface area (Å²) in [6.07, 6.45) is 0. The highest BCUT2D eigenvalue weighted by Gasteiger charge is 2.11. The van der Waals surface area contributed by atoms with Crippen molar-refractivity contribution in [1.82, 2.24) is 0 Å². The molecule has 0 aliphatic rings. The molecule has 78 valence electrons. The third-order valence-electron chi connectivity index (χ3n) is 1.64. The van der Waals surface area contributed by atoms with Gasteiger partial charge in [0.1, 0.15) is 0 Å². The molecule has 0 aromatic heterocycles. The number of nitrogens with two attached hydrogens (primary N) is 1. The Hall–Kier alpha value is -1.31. The summed E-state index contributed by atoms with van der Waals surface area (Å²) in [6, 6.07) is 10.6. The van der Waals surface area contributed by atoms with E-state index in [0.717, 1.165) is 0 Å². The van der Waals surface area contributed by atoms with Gasteiger partial charge in [0, 0.05) is 6.92 Å². The standard InChI is InChI=1S/C10H14.C2H5NO/c1-10(2,3)9-7-5-4-6-8-9;1-2(3)4/h4-8H,1-3H3;1H3,(H2,3,4). The second kappa shape index (κ2) is 5.43. The lowest BCUT2D eigenvalue weighted by molar-refractivity contribution is -0.115. The van der Waals surface area contributed by atoms with Crippen LogP contribution in [0.4, 0.5) is 0 Å². The van der Waals surface area contributed by atoms with Crippen LogP contribution in [0, 0.1) is 0 Å². The lowest BCUT2D eigenvalue weighted by Gasteiger charge is -2.18. The van der Waals surface area contributed by atoms with Crippen molar-refractivity contribution >= 4 is 5.91 Å². The Kier molecular flexibility index (Phi) is 4.92. The Bertz CT molecular complexity index is 268. The molecule has 0 spiro atoms. The van der Waals surface area contributed by atoms with Crippen LogP contribution in [0.5, 0.6) is 0 Å². The molecule has 1 aromatic carbocycles. The van der Waals surface area contributed by atoms with Crippen LogP contribution in [0.1, 0.15) is 33.3 Å². The zero-order valence-electron chi connectivity index (χ0n) is 9.37. The van der Waals surface area contributed by atoms with Crippen LogP contribution in [0.2, 0.25) is 0 Å². The van der Waals surface area contributed by atoms with Crippen molar-refractivity contribution in [2.75, 3.05) is 0 Å². The predicted molar refractivity (Wildman–Crippen MR) is 60.0 cm³/mol. The highest BCUT2D eigenvalue weighted by atomic mass is 16.1. The number of carbonyl (C=O) groups is 1. The van der Waals surface area contributed by atoms with Gasteiger partial charge in [-0.3, -0.25) is 4.79 Å². The fourth-order valence-corrected chi connectivity index (χ4v) is 0.938. The summed E-state index contributed by atoms with van der Waals surface area (Å²) < 4.78 is 0. The van der Waals surface area contributed by atoms with Gasteiger partial charge in [0.05, 0.1) is 0 Å². The van der Waals surface area contributed by atoms with E-state index in [1.54, 1.807) is 0 Å². The molecule has 2 nitrogen and oxygen atoms in total. The van der Waals surface area contributed by atoms with E-state index in [4.69, 9.17) is 0 Å². The Labute approximate surface area is 86.1 Å². The van der Waals surface area contributed by atoms with Crippen LogP contribution in [-0.2, 0) is 10.2 Å². The first kappa shape index (κ1) is 12.7. The number of benzene rings is 1. The molecule has 14 heavy (non-hydrogen) atoms. The van der Waals surface area contributed by atoms with Gasteiger partial charge in [-0.15, -0.1) is 0 Å². The molecule has 2 N–H and O–H groups in total. The molecule has 2 heteroatoms. The van der Waals surface area contributed by atoms with Gasteiger partial charge in [-0.1, -0.05) is 51.1 Å². The molecular formula is C12H19NO. The minimum Gasteiger partial charge on any atom is -0.370 e. The largest absolute Gasteiger partial charge is 0.370 e. The third kappa shape index (κ3) is 6.23. The van der Waals surface area contributed by atoms with Gasteiger partial charge in [0.25, 0.3) is 0 Å². The van der Waals surface area contributed by atoms with Crippen LogP contribution >= 0.6 is 0 Å². The monoisotopic (exact) mass is 193 g/mol. The fourth-order valence-electron chi connectivity index (χ4n) is 0.938. The van der Waals surface area contributed by atoms with E-state index < -0.39 is 0 Å². The highest BCUT2D eigenvalue weighted by Crippen LogP contribution is 2.20. The van der Waals surface area contributed by atoms with E-state index >= 15 is 0 Å². The molecule has 1 amide bonds. The maximum atomic E-state index is 9.22. The zero-order valence-corrected chi connectivity index (χ0v) is 9.37. The second-order valence-electron chi connectivity index (χ2n) is 4.23. The summed E-state index contributed by atoms with van der Waals surface area (Å²) in [5, 5.41) is 0. The molecule has 0 radical (unpaired) electrons. The van der Waals surface area contributed by atoms with E-state index in [-0.39, 0.29) is 5.91 Å². The minimum absolute atomic E-state index is 0.293. The van der Waals surface area contributed by atoms with Gasteiger partial charge in [0.2, 0.25) is 5.91 Å².